The van der Waals surface area contributed by atoms with Crippen LogP contribution in [0.2, 0.25) is 5.02 Å². The molecule has 2 aliphatic heterocycles. The molecule has 2 heterocycles. The van der Waals surface area contributed by atoms with E-state index in [0.717, 1.165) is 56.6 Å². The van der Waals surface area contributed by atoms with Gasteiger partial charge in [0.15, 0.2) is 6.79 Å². The normalized spacial score (nSPS) is 18.0. The third kappa shape index (κ3) is 3.99. The smallest absolute Gasteiger partial charge is 0.189 e. The van der Waals surface area contributed by atoms with Crippen molar-refractivity contribution < 1.29 is 9.47 Å². The van der Waals surface area contributed by atoms with Crippen LogP contribution >= 0.6 is 47.3 Å². The Morgan fingerprint density at radius 3 is 3.00 bits per heavy atom. The zero-order valence-electron chi connectivity index (χ0n) is 11.5. The average Bonchev–Trinajstić information content (AvgIpc) is 2.53. The van der Waals surface area contributed by atoms with Crippen LogP contribution in [0.15, 0.2) is 12.1 Å². The van der Waals surface area contributed by atoms with E-state index in [0.29, 0.717) is 13.4 Å². The molecule has 0 bridgehead atoms. The van der Waals surface area contributed by atoms with Crippen molar-refractivity contribution in [2.45, 2.75) is 12.4 Å². The van der Waals surface area contributed by atoms with Crippen LogP contribution in [0, 0.1) is 0 Å². The molecule has 0 unspecified atom stereocenters. The second kappa shape index (κ2) is 7.42. The highest BCUT2D eigenvalue weighted by Crippen LogP contribution is 2.34. The molecule has 7 heteroatoms. The van der Waals surface area contributed by atoms with E-state index in [1.807, 2.05) is 23.9 Å². The van der Waals surface area contributed by atoms with Crippen molar-refractivity contribution in [1.82, 2.24) is 4.90 Å². The van der Waals surface area contributed by atoms with Gasteiger partial charge < -0.3 is 14.4 Å². The predicted octanol–water partition coefficient (Wildman–Crippen LogP) is 3.77. The number of benzene rings is 1. The monoisotopic (exact) mass is 361 g/mol. The van der Waals surface area contributed by atoms with Gasteiger partial charge in [0.1, 0.15) is 10.1 Å². The van der Waals surface area contributed by atoms with Gasteiger partial charge in [0, 0.05) is 46.5 Å². The lowest BCUT2D eigenvalue weighted by Gasteiger charge is -2.28. The molecule has 0 atom stereocenters. The summed E-state index contributed by atoms with van der Waals surface area (Å²) in [6, 6.07) is 3.87. The summed E-state index contributed by atoms with van der Waals surface area (Å²) in [4.78, 5) is 2.29. The predicted molar refractivity (Wildman–Crippen MR) is 94.5 cm³/mol. The summed E-state index contributed by atoms with van der Waals surface area (Å²) in [5.41, 5.74) is 2.11. The van der Waals surface area contributed by atoms with Crippen LogP contribution in [0.3, 0.4) is 0 Å². The first kappa shape index (κ1) is 15.7. The van der Waals surface area contributed by atoms with Crippen molar-refractivity contribution >= 4 is 51.7 Å². The number of halogens is 1. The number of hydrogen-bond donors (Lipinski definition) is 0. The molecule has 1 aromatic rings. The van der Waals surface area contributed by atoms with E-state index in [4.69, 9.17) is 33.3 Å². The molecule has 0 radical (unpaired) electrons. The van der Waals surface area contributed by atoms with Gasteiger partial charge in [-0.3, -0.25) is 0 Å². The van der Waals surface area contributed by atoms with Crippen LogP contribution in [0.25, 0.3) is 0 Å². The Balaban J connectivity index is 1.67. The van der Waals surface area contributed by atoms with Crippen molar-refractivity contribution in [2.24, 2.45) is 0 Å². The first-order chi connectivity index (χ1) is 10.2. The highest BCUT2D eigenvalue weighted by Gasteiger charge is 2.19. The summed E-state index contributed by atoms with van der Waals surface area (Å²) in [5.74, 6) is 4.02. The lowest BCUT2D eigenvalue weighted by Crippen LogP contribution is -2.35. The highest BCUT2D eigenvalue weighted by atomic mass is 35.5. The maximum Gasteiger partial charge on any atom is 0.189 e. The molecule has 0 amide bonds. The number of fused-ring (bicyclic) bond motifs is 1. The Bertz CT molecular complexity index is 535. The first-order valence-electron chi connectivity index (χ1n) is 6.75. The maximum absolute atomic E-state index is 6.18. The Morgan fingerprint density at radius 1 is 1.38 bits per heavy atom. The number of ether oxygens (including phenoxy) is 2. The van der Waals surface area contributed by atoms with E-state index >= 15 is 0 Å². The summed E-state index contributed by atoms with van der Waals surface area (Å²) < 4.78 is 11.9. The molecule has 0 N–H and O–H groups in total. The molecular formula is C14H16ClNO2S3. The Kier molecular flexibility index (Phi) is 5.56. The molecule has 1 fully saturated rings. The van der Waals surface area contributed by atoms with Gasteiger partial charge in [0.25, 0.3) is 0 Å². The summed E-state index contributed by atoms with van der Waals surface area (Å²) in [6.45, 7) is 2.96. The molecule has 1 aromatic carbocycles. The second-order valence-corrected chi connectivity index (χ2v) is 8.09. The second-order valence-electron chi connectivity index (χ2n) is 4.82. The van der Waals surface area contributed by atoms with E-state index in [9.17, 15) is 0 Å². The Labute approximate surface area is 143 Å². The van der Waals surface area contributed by atoms with Crippen molar-refractivity contribution in [3.8, 4) is 5.75 Å². The van der Waals surface area contributed by atoms with Gasteiger partial charge in [0.2, 0.25) is 0 Å². The van der Waals surface area contributed by atoms with E-state index in [1.54, 1.807) is 11.8 Å². The number of nitrogens with zero attached hydrogens (tertiary/aromatic N) is 1. The molecule has 21 heavy (non-hydrogen) atoms. The summed E-state index contributed by atoms with van der Waals surface area (Å²) in [7, 11) is 0. The fraction of sp³-hybridized carbons (Fsp3) is 0.500. The number of hydrogen-bond acceptors (Lipinski definition) is 5. The number of thioether (sulfide) groups is 2. The van der Waals surface area contributed by atoms with E-state index in [-0.39, 0.29) is 0 Å². The third-order valence-corrected chi connectivity index (χ3v) is 6.11. The summed E-state index contributed by atoms with van der Waals surface area (Å²) in [5, 5.41) is 0.721. The molecular weight excluding hydrogens is 346 g/mol. The Hall–Kier alpha value is -0.140. The molecule has 1 saturated heterocycles. The largest absolute Gasteiger partial charge is 0.467 e. The summed E-state index contributed by atoms with van der Waals surface area (Å²) >= 11 is 15.4. The molecule has 0 aromatic heterocycles. The minimum atomic E-state index is 0.306. The van der Waals surface area contributed by atoms with Crippen molar-refractivity contribution in [3.63, 3.8) is 0 Å². The molecule has 3 nitrogen and oxygen atoms in total. The lowest BCUT2D eigenvalue weighted by molar-refractivity contribution is -0.0168. The molecule has 0 saturated carbocycles. The fourth-order valence-corrected chi connectivity index (χ4v) is 4.73. The van der Waals surface area contributed by atoms with Crippen molar-refractivity contribution in [1.29, 1.82) is 0 Å². The number of thiocarbonyl (C=S) groups is 1. The van der Waals surface area contributed by atoms with Crippen LogP contribution in [0.1, 0.15) is 11.1 Å². The molecule has 3 rings (SSSR count). The third-order valence-electron chi connectivity index (χ3n) is 3.37. The number of rotatable bonds is 2. The molecule has 0 aliphatic carbocycles. The minimum Gasteiger partial charge on any atom is -0.467 e. The first-order valence-corrected chi connectivity index (χ1v) is 9.68. The fourth-order valence-electron chi connectivity index (χ4n) is 2.34. The van der Waals surface area contributed by atoms with Gasteiger partial charge in [-0.05, 0) is 12.1 Å². The average molecular weight is 362 g/mol. The zero-order valence-corrected chi connectivity index (χ0v) is 14.7. The lowest BCUT2D eigenvalue weighted by atomic mass is 10.1. The van der Waals surface area contributed by atoms with Gasteiger partial charge in [0.05, 0.1) is 6.61 Å². The van der Waals surface area contributed by atoms with E-state index in [2.05, 4.69) is 4.90 Å². The van der Waals surface area contributed by atoms with Crippen LogP contribution in [-0.4, -0.2) is 40.6 Å². The van der Waals surface area contributed by atoms with Crippen molar-refractivity contribution in [3.05, 3.63) is 28.3 Å². The van der Waals surface area contributed by atoms with Crippen LogP contribution < -0.4 is 4.74 Å². The van der Waals surface area contributed by atoms with Gasteiger partial charge in [-0.2, -0.15) is 11.8 Å². The van der Waals surface area contributed by atoms with Crippen LogP contribution in [0.4, 0.5) is 0 Å². The van der Waals surface area contributed by atoms with Crippen molar-refractivity contribution in [2.75, 3.05) is 31.4 Å². The Morgan fingerprint density at radius 2 is 2.19 bits per heavy atom. The molecule has 0 spiro atoms. The van der Waals surface area contributed by atoms with Gasteiger partial charge in [-0.25, -0.2) is 0 Å². The topological polar surface area (TPSA) is 21.7 Å². The van der Waals surface area contributed by atoms with Gasteiger partial charge in [-0.15, -0.1) is 0 Å². The summed E-state index contributed by atoms with van der Waals surface area (Å²) in [6.07, 6.45) is 0. The van der Waals surface area contributed by atoms with E-state index in [1.165, 1.54) is 0 Å². The van der Waals surface area contributed by atoms with Crippen LogP contribution in [-0.2, 0) is 17.1 Å². The minimum absolute atomic E-state index is 0.306. The molecule has 114 valence electrons. The van der Waals surface area contributed by atoms with Gasteiger partial charge in [-0.1, -0.05) is 35.6 Å². The SMILES string of the molecule is S=C(SCc1cc(Cl)cc2c1OCOC2)N1CCSCC1. The van der Waals surface area contributed by atoms with Crippen LogP contribution in [0.5, 0.6) is 5.75 Å². The standard InChI is InChI=1S/C14H16ClNO2S3/c15-12-5-10-7-17-9-18-13(10)11(6-12)8-21-14(19)16-1-3-20-4-2-16/h5-6H,1-4,7-9H2. The highest BCUT2D eigenvalue weighted by molar-refractivity contribution is 8.22. The zero-order chi connectivity index (χ0) is 14.7. The molecule has 2 aliphatic rings. The van der Waals surface area contributed by atoms with E-state index < -0.39 is 0 Å². The quantitative estimate of drug-likeness (QED) is 0.742. The van der Waals surface area contributed by atoms with Gasteiger partial charge >= 0.3 is 0 Å². The maximum atomic E-state index is 6.18.